The van der Waals surface area contributed by atoms with Gasteiger partial charge in [-0.2, -0.15) is 0 Å². The number of furan rings is 1. The summed E-state index contributed by atoms with van der Waals surface area (Å²) in [6.07, 6.45) is 7.19. The number of nitrogens with one attached hydrogen (secondary N) is 1. The molecule has 1 amide bonds. The molecule has 2 N–H and O–H groups in total. The molecule has 0 bridgehead atoms. The molecule has 1 aliphatic carbocycles. The Balaban J connectivity index is 1.66. The number of aliphatic carboxylic acids is 1. The van der Waals surface area contributed by atoms with Gasteiger partial charge in [-0.25, -0.2) is 4.98 Å². The molecular formula is C16H18N2O4S. The van der Waals surface area contributed by atoms with Crippen molar-refractivity contribution in [2.45, 2.75) is 32.1 Å². The quantitative estimate of drug-likeness (QED) is 0.876. The van der Waals surface area contributed by atoms with Crippen molar-refractivity contribution in [3.8, 4) is 10.6 Å². The van der Waals surface area contributed by atoms with Gasteiger partial charge in [-0.05, 0) is 18.9 Å². The third-order valence-electron chi connectivity index (χ3n) is 4.36. The molecule has 23 heavy (non-hydrogen) atoms. The van der Waals surface area contributed by atoms with Crippen LogP contribution in [0.1, 0.15) is 42.6 Å². The Morgan fingerprint density at radius 2 is 2.13 bits per heavy atom. The van der Waals surface area contributed by atoms with Crippen LogP contribution in [0.25, 0.3) is 10.6 Å². The smallest absolute Gasteiger partial charge is 0.311 e. The molecule has 0 unspecified atom stereocenters. The second kappa shape index (κ2) is 6.54. The highest BCUT2D eigenvalue weighted by Gasteiger charge is 2.39. The number of amides is 1. The summed E-state index contributed by atoms with van der Waals surface area (Å²) in [5.74, 6) is -1.16. The molecule has 0 atom stereocenters. The third-order valence-corrected chi connectivity index (χ3v) is 5.25. The highest BCUT2D eigenvalue weighted by Crippen LogP contribution is 2.36. The zero-order valence-corrected chi connectivity index (χ0v) is 13.4. The van der Waals surface area contributed by atoms with Crippen LogP contribution < -0.4 is 5.32 Å². The second-order valence-corrected chi connectivity index (χ2v) is 6.74. The van der Waals surface area contributed by atoms with Gasteiger partial charge >= 0.3 is 5.97 Å². The van der Waals surface area contributed by atoms with Crippen LogP contribution in [-0.4, -0.2) is 28.5 Å². The van der Waals surface area contributed by atoms with Crippen molar-refractivity contribution < 1.29 is 19.1 Å². The highest BCUT2D eigenvalue weighted by atomic mass is 32.1. The number of hydrogen-bond donors (Lipinski definition) is 2. The number of carboxylic acid groups (broad SMARTS) is 1. The SMILES string of the molecule is O=C(NCC1(C(=O)O)CCCCC1)c1csc(-c2ccoc2)n1. The molecule has 0 aliphatic heterocycles. The van der Waals surface area contributed by atoms with E-state index in [2.05, 4.69) is 10.3 Å². The average molecular weight is 334 g/mol. The number of thiazole rings is 1. The fourth-order valence-electron chi connectivity index (χ4n) is 2.93. The van der Waals surface area contributed by atoms with Gasteiger partial charge in [-0.3, -0.25) is 9.59 Å². The Labute approximate surface area is 137 Å². The number of aromatic nitrogens is 1. The number of carboxylic acids is 1. The van der Waals surface area contributed by atoms with Gasteiger partial charge in [-0.1, -0.05) is 19.3 Å². The summed E-state index contributed by atoms with van der Waals surface area (Å²) in [7, 11) is 0. The van der Waals surface area contributed by atoms with Crippen LogP contribution in [0.2, 0.25) is 0 Å². The monoisotopic (exact) mass is 334 g/mol. The fourth-order valence-corrected chi connectivity index (χ4v) is 3.72. The molecular weight excluding hydrogens is 316 g/mol. The molecule has 2 heterocycles. The zero-order chi connectivity index (χ0) is 16.3. The Bertz CT molecular complexity index is 687. The van der Waals surface area contributed by atoms with Gasteiger partial charge in [0, 0.05) is 17.5 Å². The topological polar surface area (TPSA) is 92.4 Å². The molecule has 7 heteroatoms. The van der Waals surface area contributed by atoms with Crippen LogP contribution in [0.4, 0.5) is 0 Å². The first-order chi connectivity index (χ1) is 11.1. The summed E-state index contributed by atoms with van der Waals surface area (Å²) >= 11 is 1.35. The minimum absolute atomic E-state index is 0.153. The molecule has 0 spiro atoms. The van der Waals surface area contributed by atoms with Crippen molar-refractivity contribution >= 4 is 23.2 Å². The number of carbonyl (C=O) groups excluding carboxylic acids is 1. The summed E-state index contributed by atoms with van der Waals surface area (Å²) in [5, 5.41) is 14.7. The molecule has 0 saturated heterocycles. The van der Waals surface area contributed by atoms with E-state index in [0.717, 1.165) is 24.8 Å². The van der Waals surface area contributed by atoms with E-state index < -0.39 is 11.4 Å². The van der Waals surface area contributed by atoms with Crippen molar-refractivity contribution in [3.05, 3.63) is 29.7 Å². The molecule has 1 fully saturated rings. The maximum atomic E-state index is 12.3. The van der Waals surface area contributed by atoms with Gasteiger partial charge in [0.1, 0.15) is 17.0 Å². The molecule has 3 rings (SSSR count). The lowest BCUT2D eigenvalue weighted by atomic mass is 9.74. The predicted molar refractivity (Wildman–Crippen MR) is 85.3 cm³/mol. The Morgan fingerprint density at radius 1 is 1.35 bits per heavy atom. The molecule has 2 aromatic heterocycles. The van der Waals surface area contributed by atoms with E-state index in [1.165, 1.54) is 11.3 Å². The lowest BCUT2D eigenvalue weighted by molar-refractivity contribution is -0.150. The molecule has 1 aliphatic rings. The molecule has 122 valence electrons. The van der Waals surface area contributed by atoms with Crippen LogP contribution >= 0.6 is 11.3 Å². The zero-order valence-electron chi connectivity index (χ0n) is 12.6. The standard InChI is InChI=1S/C16H18N2O4S/c19-13(12-9-23-14(18-12)11-4-7-22-8-11)17-10-16(15(20)21)5-2-1-3-6-16/h4,7-9H,1-3,5-6,10H2,(H,17,19)(H,20,21). The Morgan fingerprint density at radius 3 is 2.78 bits per heavy atom. The molecule has 0 aromatic carbocycles. The van der Waals surface area contributed by atoms with Gasteiger partial charge in [0.15, 0.2) is 0 Å². The first-order valence-electron chi connectivity index (χ1n) is 7.60. The van der Waals surface area contributed by atoms with Crippen molar-refractivity contribution in [1.29, 1.82) is 0 Å². The van der Waals surface area contributed by atoms with Crippen molar-refractivity contribution in [2.24, 2.45) is 5.41 Å². The first-order valence-corrected chi connectivity index (χ1v) is 8.48. The number of carbonyl (C=O) groups is 2. The number of rotatable bonds is 5. The molecule has 2 aromatic rings. The predicted octanol–water partition coefficient (Wildman–Crippen LogP) is 3.17. The normalized spacial score (nSPS) is 16.9. The summed E-state index contributed by atoms with van der Waals surface area (Å²) < 4.78 is 5.01. The maximum Gasteiger partial charge on any atom is 0.311 e. The van der Waals surface area contributed by atoms with E-state index >= 15 is 0 Å². The maximum absolute atomic E-state index is 12.3. The van der Waals surface area contributed by atoms with Crippen molar-refractivity contribution in [3.63, 3.8) is 0 Å². The Kier molecular flexibility index (Phi) is 4.47. The van der Waals surface area contributed by atoms with Gasteiger partial charge in [0.05, 0.1) is 11.7 Å². The van der Waals surface area contributed by atoms with Crippen molar-refractivity contribution in [1.82, 2.24) is 10.3 Å². The lowest BCUT2D eigenvalue weighted by Gasteiger charge is -2.33. The van der Waals surface area contributed by atoms with E-state index in [9.17, 15) is 14.7 Å². The molecule has 0 radical (unpaired) electrons. The molecule has 1 saturated carbocycles. The van der Waals surface area contributed by atoms with E-state index in [1.54, 1.807) is 24.0 Å². The van der Waals surface area contributed by atoms with E-state index in [1.807, 2.05) is 0 Å². The average Bonchev–Trinajstić information content (AvgIpc) is 3.24. The van der Waals surface area contributed by atoms with Crippen LogP contribution in [0, 0.1) is 5.41 Å². The summed E-state index contributed by atoms with van der Waals surface area (Å²) in [6, 6.07) is 1.78. The summed E-state index contributed by atoms with van der Waals surface area (Å²) in [4.78, 5) is 28.1. The first kappa shape index (κ1) is 15.7. The largest absolute Gasteiger partial charge is 0.481 e. The summed E-state index contributed by atoms with van der Waals surface area (Å²) in [6.45, 7) is 0.153. The highest BCUT2D eigenvalue weighted by molar-refractivity contribution is 7.13. The van der Waals surface area contributed by atoms with E-state index in [4.69, 9.17) is 4.42 Å². The lowest BCUT2D eigenvalue weighted by Crippen LogP contribution is -2.44. The van der Waals surface area contributed by atoms with Gasteiger partial charge in [0.25, 0.3) is 5.91 Å². The van der Waals surface area contributed by atoms with E-state index in [0.29, 0.717) is 23.5 Å². The van der Waals surface area contributed by atoms with E-state index in [-0.39, 0.29) is 12.5 Å². The van der Waals surface area contributed by atoms with Crippen LogP contribution in [0.5, 0.6) is 0 Å². The van der Waals surface area contributed by atoms with Crippen molar-refractivity contribution in [2.75, 3.05) is 6.54 Å². The minimum Gasteiger partial charge on any atom is -0.481 e. The van der Waals surface area contributed by atoms with Crippen LogP contribution in [0.3, 0.4) is 0 Å². The van der Waals surface area contributed by atoms with Gasteiger partial charge in [-0.15, -0.1) is 11.3 Å². The number of nitrogens with zero attached hydrogens (tertiary/aromatic N) is 1. The summed E-state index contributed by atoms with van der Waals surface area (Å²) in [5.41, 5.74) is 0.294. The Hall–Kier alpha value is -2.15. The van der Waals surface area contributed by atoms with Gasteiger partial charge < -0.3 is 14.8 Å². The molecule has 6 nitrogen and oxygen atoms in total. The van der Waals surface area contributed by atoms with Gasteiger partial charge in [0.2, 0.25) is 0 Å². The fraction of sp³-hybridized carbons (Fsp3) is 0.438. The minimum atomic E-state index is -0.836. The number of hydrogen-bond acceptors (Lipinski definition) is 5. The van der Waals surface area contributed by atoms with Crippen LogP contribution in [0.15, 0.2) is 28.4 Å². The van der Waals surface area contributed by atoms with Crippen LogP contribution in [-0.2, 0) is 4.79 Å². The third kappa shape index (κ3) is 3.29. The second-order valence-electron chi connectivity index (χ2n) is 5.88.